The van der Waals surface area contributed by atoms with E-state index in [2.05, 4.69) is 5.32 Å². The summed E-state index contributed by atoms with van der Waals surface area (Å²) in [5, 5.41) is 2.70. The number of benzene rings is 2. The van der Waals surface area contributed by atoms with E-state index in [-0.39, 0.29) is 18.3 Å². The fourth-order valence-corrected chi connectivity index (χ4v) is 2.44. The Morgan fingerprint density at radius 3 is 2.34 bits per heavy atom. The molecule has 0 unspecified atom stereocenters. The molecule has 0 spiro atoms. The summed E-state index contributed by atoms with van der Waals surface area (Å²) < 4.78 is 17.9. The molecule has 2 rings (SSSR count). The standard InChI is InChI=1S/C22H23FN2O4/c1-15-4-11-19(12-5-15)24-20(26)14-25(3)22(28)16(2)29-21(27)13-8-17-6-9-18(23)10-7-17/h4-13,16H,14H2,1-3H3,(H,24,26)/b13-8+/t16-/m1/s1. The van der Waals surface area contributed by atoms with Crippen LogP contribution in [-0.2, 0) is 19.1 Å². The molecule has 6 nitrogen and oxygen atoms in total. The number of nitrogens with zero attached hydrogens (tertiary/aromatic N) is 1. The Kier molecular flexibility index (Phi) is 7.65. The summed E-state index contributed by atoms with van der Waals surface area (Å²) in [5.74, 6) is -1.96. The number of nitrogens with one attached hydrogen (secondary N) is 1. The highest BCUT2D eigenvalue weighted by molar-refractivity contribution is 5.95. The van der Waals surface area contributed by atoms with Gasteiger partial charge in [-0.05, 0) is 49.8 Å². The van der Waals surface area contributed by atoms with E-state index < -0.39 is 18.0 Å². The van der Waals surface area contributed by atoms with Crippen LogP contribution in [0.5, 0.6) is 0 Å². The number of likely N-dealkylation sites (N-methyl/N-ethyl adjacent to an activating group) is 1. The van der Waals surface area contributed by atoms with Crippen molar-refractivity contribution < 1.29 is 23.5 Å². The number of carbonyl (C=O) groups is 3. The first-order valence-electron chi connectivity index (χ1n) is 9.00. The van der Waals surface area contributed by atoms with Gasteiger partial charge in [-0.1, -0.05) is 29.8 Å². The van der Waals surface area contributed by atoms with E-state index in [1.807, 2.05) is 19.1 Å². The summed E-state index contributed by atoms with van der Waals surface area (Å²) in [4.78, 5) is 37.5. The van der Waals surface area contributed by atoms with Gasteiger partial charge in [0.25, 0.3) is 5.91 Å². The maximum atomic E-state index is 12.9. The van der Waals surface area contributed by atoms with Gasteiger partial charge in [-0.2, -0.15) is 0 Å². The van der Waals surface area contributed by atoms with Crippen molar-refractivity contribution in [3.05, 3.63) is 71.6 Å². The number of ether oxygens (including phenoxy) is 1. The Morgan fingerprint density at radius 2 is 1.72 bits per heavy atom. The van der Waals surface area contributed by atoms with Crippen LogP contribution < -0.4 is 5.32 Å². The van der Waals surface area contributed by atoms with Gasteiger partial charge in [-0.3, -0.25) is 9.59 Å². The number of hydrogen-bond acceptors (Lipinski definition) is 4. The highest BCUT2D eigenvalue weighted by Crippen LogP contribution is 2.09. The van der Waals surface area contributed by atoms with Gasteiger partial charge < -0.3 is 15.0 Å². The molecule has 0 saturated carbocycles. The van der Waals surface area contributed by atoms with E-state index in [1.54, 1.807) is 12.1 Å². The van der Waals surface area contributed by atoms with Crippen molar-refractivity contribution in [1.29, 1.82) is 0 Å². The summed E-state index contributed by atoms with van der Waals surface area (Å²) in [5.41, 5.74) is 2.32. The Morgan fingerprint density at radius 1 is 1.10 bits per heavy atom. The molecular formula is C22H23FN2O4. The van der Waals surface area contributed by atoms with E-state index in [0.717, 1.165) is 11.6 Å². The van der Waals surface area contributed by atoms with Gasteiger partial charge in [-0.15, -0.1) is 0 Å². The minimum absolute atomic E-state index is 0.181. The summed E-state index contributed by atoms with van der Waals surface area (Å²) in [6, 6.07) is 12.8. The zero-order valence-electron chi connectivity index (χ0n) is 16.5. The number of anilines is 1. The number of amides is 2. The van der Waals surface area contributed by atoms with Crippen LogP contribution >= 0.6 is 0 Å². The van der Waals surface area contributed by atoms with E-state index >= 15 is 0 Å². The van der Waals surface area contributed by atoms with E-state index in [9.17, 15) is 18.8 Å². The Labute approximate surface area is 169 Å². The smallest absolute Gasteiger partial charge is 0.331 e. The van der Waals surface area contributed by atoms with Gasteiger partial charge in [0.2, 0.25) is 5.91 Å². The lowest BCUT2D eigenvalue weighted by molar-refractivity contribution is -0.154. The zero-order valence-corrected chi connectivity index (χ0v) is 16.5. The molecule has 0 aromatic heterocycles. The van der Waals surface area contributed by atoms with Gasteiger partial charge in [0.15, 0.2) is 6.10 Å². The number of hydrogen-bond donors (Lipinski definition) is 1. The third-order valence-corrected chi connectivity index (χ3v) is 4.01. The average Bonchev–Trinajstić information content (AvgIpc) is 2.68. The molecule has 0 aliphatic heterocycles. The predicted molar refractivity (Wildman–Crippen MR) is 108 cm³/mol. The molecule has 0 heterocycles. The largest absolute Gasteiger partial charge is 0.449 e. The van der Waals surface area contributed by atoms with Gasteiger partial charge in [0, 0.05) is 18.8 Å². The third-order valence-electron chi connectivity index (χ3n) is 4.01. The fraction of sp³-hybridized carbons (Fsp3) is 0.227. The molecule has 0 saturated heterocycles. The van der Waals surface area contributed by atoms with Crippen molar-refractivity contribution in [1.82, 2.24) is 4.90 Å². The first-order valence-corrected chi connectivity index (χ1v) is 9.00. The van der Waals surface area contributed by atoms with Gasteiger partial charge in [-0.25, -0.2) is 9.18 Å². The Hall–Kier alpha value is -3.48. The number of rotatable bonds is 7. The second-order valence-corrected chi connectivity index (χ2v) is 6.57. The molecule has 2 amide bonds. The summed E-state index contributed by atoms with van der Waals surface area (Å²) in [6.07, 6.45) is 1.55. The van der Waals surface area contributed by atoms with Crippen LogP contribution in [0.1, 0.15) is 18.1 Å². The van der Waals surface area contributed by atoms with Crippen LogP contribution in [0.3, 0.4) is 0 Å². The molecule has 0 fully saturated rings. The first-order chi connectivity index (χ1) is 13.7. The van der Waals surface area contributed by atoms with Crippen LogP contribution in [0.4, 0.5) is 10.1 Å². The SMILES string of the molecule is Cc1ccc(NC(=O)CN(C)C(=O)[C@@H](C)OC(=O)/C=C/c2ccc(F)cc2)cc1. The fourth-order valence-electron chi connectivity index (χ4n) is 2.44. The predicted octanol–water partition coefficient (Wildman–Crippen LogP) is 3.18. The minimum atomic E-state index is -1.06. The molecule has 2 aromatic carbocycles. The summed E-state index contributed by atoms with van der Waals surface area (Å²) in [7, 11) is 1.45. The van der Waals surface area contributed by atoms with Crippen molar-refractivity contribution in [2.45, 2.75) is 20.0 Å². The lowest BCUT2D eigenvalue weighted by Crippen LogP contribution is -2.41. The lowest BCUT2D eigenvalue weighted by Gasteiger charge is -2.20. The van der Waals surface area contributed by atoms with Gasteiger partial charge >= 0.3 is 5.97 Å². The maximum Gasteiger partial charge on any atom is 0.331 e. The number of esters is 1. The molecular weight excluding hydrogens is 375 g/mol. The highest BCUT2D eigenvalue weighted by Gasteiger charge is 2.22. The van der Waals surface area contributed by atoms with Crippen molar-refractivity contribution >= 4 is 29.5 Å². The molecule has 7 heteroatoms. The van der Waals surface area contributed by atoms with Gasteiger partial charge in [0.05, 0.1) is 6.54 Å². The molecule has 0 bridgehead atoms. The monoisotopic (exact) mass is 398 g/mol. The molecule has 1 atom stereocenters. The topological polar surface area (TPSA) is 75.7 Å². The van der Waals surface area contributed by atoms with E-state index in [1.165, 1.54) is 49.2 Å². The second kappa shape index (κ2) is 10.2. The molecule has 152 valence electrons. The van der Waals surface area contributed by atoms with Crippen molar-refractivity contribution in [2.75, 3.05) is 18.9 Å². The van der Waals surface area contributed by atoms with Crippen LogP contribution in [0.15, 0.2) is 54.6 Å². The zero-order chi connectivity index (χ0) is 21.4. The second-order valence-electron chi connectivity index (χ2n) is 6.57. The molecule has 0 aliphatic rings. The Balaban J connectivity index is 1.82. The minimum Gasteiger partial charge on any atom is -0.449 e. The average molecular weight is 398 g/mol. The number of halogens is 1. The lowest BCUT2D eigenvalue weighted by atomic mass is 10.2. The highest BCUT2D eigenvalue weighted by atomic mass is 19.1. The molecule has 0 aliphatic carbocycles. The molecule has 0 radical (unpaired) electrons. The van der Waals surface area contributed by atoms with Crippen molar-refractivity contribution in [2.24, 2.45) is 0 Å². The first kappa shape index (κ1) is 21.8. The maximum absolute atomic E-state index is 12.9. The van der Waals surface area contributed by atoms with Crippen LogP contribution in [0.25, 0.3) is 6.08 Å². The molecule has 2 aromatic rings. The summed E-state index contributed by atoms with van der Waals surface area (Å²) >= 11 is 0. The quantitative estimate of drug-likeness (QED) is 0.574. The molecule has 1 N–H and O–H groups in total. The normalized spacial score (nSPS) is 11.7. The summed E-state index contributed by atoms with van der Waals surface area (Å²) in [6.45, 7) is 3.19. The van der Waals surface area contributed by atoms with Crippen LogP contribution in [0.2, 0.25) is 0 Å². The number of carbonyl (C=O) groups excluding carboxylic acids is 3. The molecule has 29 heavy (non-hydrogen) atoms. The van der Waals surface area contributed by atoms with Crippen LogP contribution in [0, 0.1) is 12.7 Å². The number of aryl methyl sites for hydroxylation is 1. The van der Waals surface area contributed by atoms with Crippen LogP contribution in [-0.4, -0.2) is 42.4 Å². The Bertz CT molecular complexity index is 892. The van der Waals surface area contributed by atoms with E-state index in [4.69, 9.17) is 4.74 Å². The van der Waals surface area contributed by atoms with E-state index in [0.29, 0.717) is 11.3 Å². The van der Waals surface area contributed by atoms with Crippen molar-refractivity contribution in [3.8, 4) is 0 Å². The van der Waals surface area contributed by atoms with Gasteiger partial charge in [0.1, 0.15) is 5.82 Å². The third kappa shape index (κ3) is 7.21. The van der Waals surface area contributed by atoms with Crippen molar-refractivity contribution in [3.63, 3.8) is 0 Å².